The van der Waals surface area contributed by atoms with E-state index in [0.29, 0.717) is 0 Å². The Hall–Kier alpha value is -1.93. The fourth-order valence-corrected chi connectivity index (χ4v) is 0.829. The molecular formula is C8H6N2O2. The summed E-state index contributed by atoms with van der Waals surface area (Å²) in [6.07, 6.45) is 1.35. The lowest BCUT2D eigenvalue weighted by atomic mass is 10.2. The molecular weight excluding hydrogens is 156 g/mol. The fraction of sp³-hybridized carbons (Fsp3) is 0. The highest BCUT2D eigenvalue weighted by atomic mass is 16.1. The first-order valence-corrected chi connectivity index (χ1v) is 3.22. The molecule has 0 radical (unpaired) electrons. The van der Waals surface area contributed by atoms with Gasteiger partial charge in [-0.2, -0.15) is 4.99 Å². The zero-order valence-electron chi connectivity index (χ0n) is 6.15. The first-order valence-electron chi connectivity index (χ1n) is 3.22. The molecule has 0 spiro atoms. The van der Waals surface area contributed by atoms with Crippen LogP contribution in [0.5, 0.6) is 0 Å². The number of isocyanates is 1. The predicted molar refractivity (Wildman–Crippen MR) is 42.7 cm³/mol. The Bertz CT molecular complexity index is 333. The van der Waals surface area contributed by atoms with Crippen LogP contribution in [-0.4, -0.2) is 12.0 Å². The Morgan fingerprint density at radius 1 is 1.42 bits per heavy atom. The first-order chi connectivity index (χ1) is 5.75. The van der Waals surface area contributed by atoms with Crippen molar-refractivity contribution in [2.24, 2.45) is 10.7 Å². The van der Waals surface area contributed by atoms with Gasteiger partial charge in [-0.1, -0.05) is 12.1 Å². The molecule has 0 heterocycles. The lowest BCUT2D eigenvalue weighted by molar-refractivity contribution is 0.100. The monoisotopic (exact) mass is 162 g/mol. The van der Waals surface area contributed by atoms with Gasteiger partial charge in [-0.05, 0) is 12.1 Å². The van der Waals surface area contributed by atoms with Crippen LogP contribution < -0.4 is 5.73 Å². The van der Waals surface area contributed by atoms with E-state index in [9.17, 15) is 9.59 Å². The van der Waals surface area contributed by atoms with Crippen LogP contribution in [0.3, 0.4) is 0 Å². The molecule has 12 heavy (non-hydrogen) atoms. The highest BCUT2D eigenvalue weighted by Gasteiger charge is 2.04. The van der Waals surface area contributed by atoms with Crippen molar-refractivity contribution in [1.82, 2.24) is 0 Å². The molecule has 0 fully saturated rings. The maximum Gasteiger partial charge on any atom is 0.250 e. The van der Waals surface area contributed by atoms with Crippen molar-refractivity contribution in [3.63, 3.8) is 0 Å². The molecule has 1 aromatic carbocycles. The molecule has 1 rings (SSSR count). The van der Waals surface area contributed by atoms with Crippen LogP contribution in [0, 0.1) is 0 Å². The summed E-state index contributed by atoms with van der Waals surface area (Å²) in [5.74, 6) is -0.607. The van der Waals surface area contributed by atoms with Gasteiger partial charge in [-0.25, -0.2) is 4.79 Å². The molecule has 4 heteroatoms. The van der Waals surface area contributed by atoms with E-state index in [1.165, 1.54) is 18.2 Å². The lowest BCUT2D eigenvalue weighted by Gasteiger charge is -1.96. The number of nitrogens with two attached hydrogens (primary N) is 1. The summed E-state index contributed by atoms with van der Waals surface area (Å²) in [7, 11) is 0. The smallest absolute Gasteiger partial charge is 0.250 e. The maximum atomic E-state index is 10.7. The number of rotatable bonds is 2. The number of hydrogen-bond donors (Lipinski definition) is 1. The number of benzene rings is 1. The van der Waals surface area contributed by atoms with Crippen LogP contribution >= 0.6 is 0 Å². The van der Waals surface area contributed by atoms with Gasteiger partial charge >= 0.3 is 0 Å². The molecule has 1 aromatic rings. The Morgan fingerprint density at radius 2 is 2.08 bits per heavy atom. The van der Waals surface area contributed by atoms with E-state index in [4.69, 9.17) is 5.73 Å². The number of para-hydroxylation sites is 1. The minimum Gasteiger partial charge on any atom is -0.366 e. The summed E-state index contributed by atoms with van der Waals surface area (Å²) < 4.78 is 0. The van der Waals surface area contributed by atoms with Gasteiger partial charge < -0.3 is 5.73 Å². The van der Waals surface area contributed by atoms with Crippen molar-refractivity contribution in [1.29, 1.82) is 0 Å². The second-order valence-electron chi connectivity index (χ2n) is 2.08. The SMILES string of the molecule is NC(=O)c1ccccc1N=C=O. The fourth-order valence-electron chi connectivity index (χ4n) is 0.829. The molecule has 1 amide bonds. The molecule has 60 valence electrons. The second kappa shape index (κ2) is 3.46. The number of hydrogen-bond acceptors (Lipinski definition) is 3. The van der Waals surface area contributed by atoms with Crippen LogP contribution in [0.4, 0.5) is 5.69 Å². The van der Waals surface area contributed by atoms with Crippen molar-refractivity contribution in [3.05, 3.63) is 29.8 Å². The third-order valence-electron chi connectivity index (χ3n) is 1.34. The van der Waals surface area contributed by atoms with E-state index >= 15 is 0 Å². The molecule has 4 nitrogen and oxygen atoms in total. The standard InChI is InChI=1S/C8H6N2O2/c9-8(12)6-3-1-2-4-7(6)10-5-11/h1-4H,(H2,9,12). The molecule has 0 saturated carbocycles. The molecule has 0 saturated heterocycles. The summed E-state index contributed by atoms with van der Waals surface area (Å²) in [5.41, 5.74) is 5.49. The number of aliphatic imine (C=N–C) groups is 1. The minimum absolute atomic E-state index is 0.223. The van der Waals surface area contributed by atoms with Crippen LogP contribution in [-0.2, 0) is 4.79 Å². The maximum absolute atomic E-state index is 10.7. The zero-order chi connectivity index (χ0) is 8.97. The lowest BCUT2D eigenvalue weighted by Crippen LogP contribution is -2.10. The first kappa shape index (κ1) is 8.17. The Labute approximate surface area is 68.7 Å². The van der Waals surface area contributed by atoms with E-state index in [2.05, 4.69) is 4.99 Å². The van der Waals surface area contributed by atoms with Crippen LogP contribution in [0.1, 0.15) is 10.4 Å². The summed E-state index contributed by atoms with van der Waals surface area (Å²) in [6, 6.07) is 6.32. The van der Waals surface area contributed by atoms with Crippen LogP contribution in [0.2, 0.25) is 0 Å². The summed E-state index contributed by atoms with van der Waals surface area (Å²) >= 11 is 0. The average Bonchev–Trinajstić information content (AvgIpc) is 2.05. The van der Waals surface area contributed by atoms with E-state index in [0.717, 1.165) is 0 Å². The van der Waals surface area contributed by atoms with Crippen LogP contribution in [0.15, 0.2) is 29.3 Å². The van der Waals surface area contributed by atoms with Gasteiger partial charge in [0.1, 0.15) is 0 Å². The van der Waals surface area contributed by atoms with Gasteiger partial charge in [0.05, 0.1) is 11.3 Å². The highest BCUT2D eigenvalue weighted by molar-refractivity contribution is 5.97. The van der Waals surface area contributed by atoms with Crippen molar-refractivity contribution in [3.8, 4) is 0 Å². The van der Waals surface area contributed by atoms with Gasteiger partial charge in [0.2, 0.25) is 6.08 Å². The summed E-state index contributed by atoms with van der Waals surface area (Å²) in [4.78, 5) is 24.0. The van der Waals surface area contributed by atoms with Crippen molar-refractivity contribution < 1.29 is 9.59 Å². The van der Waals surface area contributed by atoms with E-state index in [1.54, 1.807) is 12.1 Å². The van der Waals surface area contributed by atoms with Crippen molar-refractivity contribution in [2.75, 3.05) is 0 Å². The third-order valence-corrected chi connectivity index (χ3v) is 1.34. The Kier molecular flexibility index (Phi) is 2.35. The Balaban J connectivity index is 3.26. The topological polar surface area (TPSA) is 72.5 Å². The molecule has 0 aliphatic heterocycles. The van der Waals surface area contributed by atoms with Crippen molar-refractivity contribution >= 4 is 17.7 Å². The molecule has 0 unspecified atom stereocenters. The largest absolute Gasteiger partial charge is 0.366 e. The van der Waals surface area contributed by atoms with Gasteiger partial charge in [-0.15, -0.1) is 0 Å². The van der Waals surface area contributed by atoms with Gasteiger partial charge in [0, 0.05) is 0 Å². The van der Waals surface area contributed by atoms with Gasteiger partial charge in [0.25, 0.3) is 5.91 Å². The third kappa shape index (κ3) is 1.56. The average molecular weight is 162 g/mol. The molecule has 0 aliphatic rings. The normalized spacial score (nSPS) is 8.67. The molecule has 0 atom stereocenters. The number of amides is 1. The van der Waals surface area contributed by atoms with E-state index in [-0.39, 0.29) is 11.3 Å². The summed E-state index contributed by atoms with van der Waals surface area (Å²) in [5, 5.41) is 0. The zero-order valence-corrected chi connectivity index (χ0v) is 6.15. The number of carbonyl (C=O) groups excluding carboxylic acids is 2. The van der Waals surface area contributed by atoms with Gasteiger partial charge in [0.15, 0.2) is 0 Å². The molecule has 0 aromatic heterocycles. The number of nitrogens with zero attached hydrogens (tertiary/aromatic N) is 1. The number of carbonyl (C=O) groups is 1. The molecule has 0 aliphatic carbocycles. The van der Waals surface area contributed by atoms with Gasteiger partial charge in [-0.3, -0.25) is 4.79 Å². The summed E-state index contributed by atoms with van der Waals surface area (Å²) in [6.45, 7) is 0. The molecule has 2 N–H and O–H groups in total. The van der Waals surface area contributed by atoms with Crippen LogP contribution in [0.25, 0.3) is 0 Å². The second-order valence-corrected chi connectivity index (χ2v) is 2.08. The highest BCUT2D eigenvalue weighted by Crippen LogP contribution is 2.16. The van der Waals surface area contributed by atoms with E-state index < -0.39 is 5.91 Å². The molecule has 0 bridgehead atoms. The predicted octanol–water partition coefficient (Wildman–Crippen LogP) is 0.753. The quantitative estimate of drug-likeness (QED) is 0.514. The minimum atomic E-state index is -0.607. The van der Waals surface area contributed by atoms with E-state index in [1.807, 2.05) is 0 Å². The number of primary amides is 1. The van der Waals surface area contributed by atoms with Crippen molar-refractivity contribution in [2.45, 2.75) is 0 Å². The Morgan fingerprint density at radius 3 is 2.67 bits per heavy atom.